The molecule has 14 atom stereocenters. The van der Waals surface area contributed by atoms with Crippen molar-refractivity contribution >= 4 is 0 Å². The number of rotatable bonds is 10. The lowest BCUT2D eigenvalue weighted by atomic mass is 9.39. The molecule has 0 aliphatic heterocycles. The van der Waals surface area contributed by atoms with Gasteiger partial charge in [0.25, 0.3) is 0 Å². The minimum absolute atomic E-state index is 0.0501. The Morgan fingerprint density at radius 3 is 0.974 bits per heavy atom. The van der Waals surface area contributed by atoms with E-state index in [2.05, 4.69) is 264 Å². The Labute approximate surface area is 685 Å². The van der Waals surface area contributed by atoms with E-state index >= 15 is 0 Å². The van der Waals surface area contributed by atoms with E-state index in [-0.39, 0.29) is 51.2 Å². The van der Waals surface area contributed by atoms with Crippen LogP contribution < -0.4 is 0 Å². The summed E-state index contributed by atoms with van der Waals surface area (Å²) in [7, 11) is 0. The van der Waals surface area contributed by atoms with Crippen LogP contribution in [-0.2, 0) is 0 Å². The van der Waals surface area contributed by atoms with E-state index in [9.17, 15) is 0 Å². The second kappa shape index (κ2) is 19.0. The molecular formula is C117H86. The van der Waals surface area contributed by atoms with Gasteiger partial charge in [0.05, 0.1) is 0 Å². The first-order valence-corrected chi connectivity index (χ1v) is 45.1. The van der Waals surface area contributed by atoms with Gasteiger partial charge >= 0.3 is 0 Å². The Kier molecular flexibility index (Phi) is 10.1. The quantitative estimate of drug-likeness (QED) is 0.205. The first-order valence-electron chi connectivity index (χ1n) is 45.1. The van der Waals surface area contributed by atoms with Crippen molar-refractivity contribution in [2.75, 3.05) is 0 Å². The molecular weight excluding hydrogens is 1410 g/mol. The first kappa shape index (κ1) is 62.1. The second-order valence-corrected chi connectivity index (χ2v) is 40.1. The molecule has 0 aromatic rings. The van der Waals surface area contributed by atoms with Crippen LogP contribution in [0.3, 0.4) is 0 Å². The fraction of sp³-hybridized carbons (Fsp3) is 0.265. The zero-order valence-electron chi connectivity index (χ0n) is 68.2. The number of allylic oxidation sites excluding steroid dienone is 86. The third-order valence-electron chi connectivity index (χ3n) is 37.9. The van der Waals surface area contributed by atoms with Crippen LogP contribution in [-0.4, -0.2) is 0 Å². The largest absolute Gasteiger partial charge is 0.0764 e. The summed E-state index contributed by atoms with van der Waals surface area (Å²) in [6, 6.07) is 0. The maximum absolute atomic E-state index is 2.70. The highest BCUT2D eigenvalue weighted by molar-refractivity contribution is 5.95. The maximum Gasteiger partial charge on any atom is 0.0445 e. The molecule has 0 amide bonds. The third kappa shape index (κ3) is 5.70. The van der Waals surface area contributed by atoms with Gasteiger partial charge in [-0.25, -0.2) is 0 Å². The van der Waals surface area contributed by atoms with Crippen LogP contribution in [0.25, 0.3) is 0 Å². The zero-order valence-corrected chi connectivity index (χ0v) is 68.2. The van der Waals surface area contributed by atoms with Gasteiger partial charge in [-0.2, -0.15) is 0 Å². The van der Waals surface area contributed by atoms with Gasteiger partial charge in [0.15, 0.2) is 0 Å². The first-order chi connectivity index (χ1) is 57.4. The Morgan fingerprint density at radius 1 is 0.214 bits per heavy atom. The summed E-state index contributed by atoms with van der Waals surface area (Å²) in [5, 5.41) is 0. The molecule has 32 aliphatic carbocycles. The normalized spacial score (nSPS) is 37.8. The molecule has 0 heteroatoms. The van der Waals surface area contributed by atoms with E-state index in [1.807, 2.05) is 0 Å². The van der Waals surface area contributed by atoms with E-state index in [4.69, 9.17) is 0 Å². The average molecular weight is 1490 g/mol. The van der Waals surface area contributed by atoms with Gasteiger partial charge in [-0.1, -0.05) is 228 Å². The topological polar surface area (TPSA) is 0 Å². The van der Waals surface area contributed by atoms with Crippen LogP contribution in [0.1, 0.15) is 114 Å². The lowest BCUT2D eigenvalue weighted by Crippen LogP contribution is -2.57. The number of hydrogen-bond donors (Lipinski definition) is 0. The van der Waals surface area contributed by atoms with Crippen molar-refractivity contribution in [3.63, 3.8) is 0 Å². The Balaban J connectivity index is 0.559. The Hall–Kier alpha value is -11.2. The Morgan fingerprint density at radius 2 is 0.513 bits per heavy atom. The molecule has 0 aromatic carbocycles. The molecule has 554 valence electrons. The van der Waals surface area contributed by atoms with Crippen molar-refractivity contribution in [3.8, 4) is 0 Å². The fourth-order valence-electron chi connectivity index (χ4n) is 34.7. The van der Waals surface area contributed by atoms with Crippen LogP contribution in [0.5, 0.6) is 0 Å². The third-order valence-corrected chi connectivity index (χ3v) is 37.9. The van der Waals surface area contributed by atoms with Gasteiger partial charge in [-0.3, -0.25) is 0 Å². The molecule has 0 bridgehead atoms. The molecule has 0 radical (unpaired) electrons. The highest BCUT2D eigenvalue weighted by Gasteiger charge is 2.75. The highest BCUT2D eigenvalue weighted by atomic mass is 14.8. The summed E-state index contributed by atoms with van der Waals surface area (Å²) in [5.74, 6) is 2.91. The zero-order chi connectivity index (χ0) is 76.5. The van der Waals surface area contributed by atoms with E-state index in [0.717, 1.165) is 44.9 Å². The van der Waals surface area contributed by atoms with Gasteiger partial charge in [0.1, 0.15) is 0 Å². The van der Waals surface area contributed by atoms with Crippen LogP contribution in [0.4, 0.5) is 0 Å². The molecule has 0 aromatic heterocycles. The van der Waals surface area contributed by atoms with E-state index in [1.165, 1.54) is 94.7 Å². The molecule has 32 aliphatic rings. The number of hydrogen-bond acceptors (Lipinski definition) is 0. The Bertz CT molecular complexity index is 7410. The van der Waals surface area contributed by atoms with Crippen molar-refractivity contribution in [3.05, 3.63) is 495 Å². The minimum atomic E-state index is -0.285. The van der Waals surface area contributed by atoms with Crippen molar-refractivity contribution in [2.24, 2.45) is 80.8 Å². The van der Waals surface area contributed by atoms with Crippen molar-refractivity contribution in [1.82, 2.24) is 0 Å². The molecule has 0 heterocycles. The average Bonchev–Trinajstić information content (AvgIpc) is 1.51. The van der Waals surface area contributed by atoms with Crippen molar-refractivity contribution < 1.29 is 0 Å². The van der Waals surface area contributed by atoms with Gasteiger partial charge in [0.2, 0.25) is 0 Å². The minimum Gasteiger partial charge on any atom is -0.0764 e. The predicted octanol–water partition coefficient (Wildman–Crippen LogP) is 26.4. The SMILES string of the molecule is CCC1=C2C=CC3=C2C24C5=C(C=CC5=C(CC5=C6C=CC7=C6C68C9=C(C=CC9=C(C)C9=CC=C5C96)C(C)=C5C=CC(=C7CC)C58)C5=CC=C1C52)C(C)=C1C=CC(=C3CC2=C3C=CC5=C3C36C7=C(C=CC7=C(CC)C7=CC=C2C73)C(CC2=C3C=CC7C(C)=C8C=CC9=C(C)C%10=C%11C(=C(CC)C%12=CC=C2C%12C%11(C98)C37)C=C%10)=C2C=CC(=C5C)C26)C14. The summed E-state index contributed by atoms with van der Waals surface area (Å²) >= 11 is 0. The van der Waals surface area contributed by atoms with E-state index < -0.39 is 0 Å². The van der Waals surface area contributed by atoms with Crippen molar-refractivity contribution in [2.45, 2.75) is 114 Å². The standard InChI is InChI=1S/C117H86/c1-11-56-72-27-19-64-50(5)60-15-17-62-52(7)66-21-29-80-92(86-41-35-74(56)108(86)114(98(60)62,100(64)72)102(66)80)47-94-82-31-23-68-54(9)70-25-33-84-96(90-45-39-78-58(13-3)76-37-43-88(94)110(76)116(104(68)82,106(70)84)112(78)90)49-97-85-34-26-71-55(10)69-24-32-83-95(89-44-38-77-59(14-4)79-40-46-91(97)113(79)117(105(69)83,107(71)85)111(77)89)48-93-81-30-22-67-53(8)63-18-16-61-51(6)65-20-28-73-57(12-2)75-36-42-87(93)109(75)115(99(61)63,101(65)73)103(67)81/h15-46,66,98,101-104,107-108,111-112H,11-14,47-49H2,1-10H3. The van der Waals surface area contributed by atoms with Crippen LogP contribution in [0.15, 0.2) is 495 Å². The molecule has 14 unspecified atom stereocenters. The smallest absolute Gasteiger partial charge is 0.0445 e. The molecule has 0 saturated carbocycles. The van der Waals surface area contributed by atoms with E-state index in [0.29, 0.717) is 29.6 Å². The van der Waals surface area contributed by atoms with Crippen LogP contribution in [0.2, 0.25) is 0 Å². The molecule has 0 saturated heterocycles. The van der Waals surface area contributed by atoms with E-state index in [1.54, 1.807) is 206 Å². The molecule has 0 N–H and O–H groups in total. The molecule has 4 spiro atoms. The molecule has 0 nitrogen and oxygen atoms in total. The predicted molar refractivity (Wildman–Crippen MR) is 470 cm³/mol. The van der Waals surface area contributed by atoms with Gasteiger partial charge in [-0.05, 0) is 382 Å². The lowest BCUT2D eigenvalue weighted by molar-refractivity contribution is 0.0986. The van der Waals surface area contributed by atoms with Crippen LogP contribution >= 0.6 is 0 Å². The summed E-state index contributed by atoms with van der Waals surface area (Å²) < 4.78 is 0. The van der Waals surface area contributed by atoms with Gasteiger partial charge in [0, 0.05) is 80.8 Å². The molecule has 0 fully saturated rings. The lowest BCUT2D eigenvalue weighted by Gasteiger charge is -2.63. The summed E-state index contributed by atoms with van der Waals surface area (Å²) in [6.45, 7) is 24.8. The maximum atomic E-state index is 2.70. The summed E-state index contributed by atoms with van der Waals surface area (Å²) in [5.41, 5.74) is 84.2. The summed E-state index contributed by atoms with van der Waals surface area (Å²) in [6.07, 6.45) is 90.9. The monoisotopic (exact) mass is 1490 g/mol. The second-order valence-electron chi connectivity index (χ2n) is 40.1. The highest BCUT2D eigenvalue weighted by Crippen LogP contribution is 2.85. The van der Waals surface area contributed by atoms with Crippen molar-refractivity contribution in [1.29, 1.82) is 0 Å². The van der Waals surface area contributed by atoms with Gasteiger partial charge < -0.3 is 0 Å². The summed E-state index contributed by atoms with van der Waals surface area (Å²) in [4.78, 5) is 0. The fourth-order valence-corrected chi connectivity index (χ4v) is 34.7. The molecule has 117 heavy (non-hydrogen) atoms. The molecule has 32 rings (SSSR count). The van der Waals surface area contributed by atoms with Crippen LogP contribution in [0, 0.1) is 80.8 Å². The van der Waals surface area contributed by atoms with Gasteiger partial charge in [-0.15, -0.1) is 0 Å².